The van der Waals surface area contributed by atoms with Crippen LogP contribution in [-0.4, -0.2) is 33.4 Å². The molecule has 3 aromatic rings. The third kappa shape index (κ3) is 5.19. The van der Waals surface area contributed by atoms with Crippen LogP contribution in [0.2, 0.25) is 0 Å². The molecule has 7 nitrogen and oxygen atoms in total. The maximum atomic E-state index is 14.4. The van der Waals surface area contributed by atoms with E-state index in [1.807, 2.05) is 0 Å². The maximum Gasteiger partial charge on any atom is 0.305 e. The average Bonchev–Trinajstić information content (AvgIpc) is 3.51. The molecule has 0 radical (unpaired) electrons. The zero-order valence-electron chi connectivity index (χ0n) is 17.9. The van der Waals surface area contributed by atoms with Crippen LogP contribution in [0.15, 0.2) is 48.5 Å². The van der Waals surface area contributed by atoms with E-state index >= 15 is 0 Å². The molecule has 4 rings (SSSR count). The molecule has 1 fully saturated rings. The molecule has 2 N–H and O–H groups in total. The van der Waals surface area contributed by atoms with E-state index in [9.17, 15) is 23.5 Å². The van der Waals surface area contributed by atoms with Gasteiger partial charge in [-0.15, -0.1) is 0 Å². The van der Waals surface area contributed by atoms with Gasteiger partial charge < -0.3 is 15.2 Å². The fourth-order valence-electron chi connectivity index (χ4n) is 3.51. The van der Waals surface area contributed by atoms with Gasteiger partial charge in [-0.2, -0.15) is 9.78 Å². The smallest absolute Gasteiger partial charge is 0.305 e. The number of amides is 1. The van der Waals surface area contributed by atoms with Gasteiger partial charge in [0.1, 0.15) is 17.3 Å². The summed E-state index contributed by atoms with van der Waals surface area (Å²) in [5, 5.41) is 16.2. The number of carboxylic acid groups (broad SMARTS) is 1. The van der Waals surface area contributed by atoms with E-state index in [4.69, 9.17) is 4.74 Å². The first kappa shape index (κ1) is 22.4. The van der Waals surface area contributed by atoms with E-state index in [0.29, 0.717) is 18.1 Å². The molecule has 1 aliphatic carbocycles. The third-order valence-electron chi connectivity index (χ3n) is 5.52. The summed E-state index contributed by atoms with van der Waals surface area (Å²) >= 11 is 0. The Labute approximate surface area is 189 Å². The lowest BCUT2D eigenvalue weighted by Gasteiger charge is -2.19. The van der Waals surface area contributed by atoms with Crippen LogP contribution in [0.1, 0.15) is 46.9 Å². The molecular formula is C24H23F2N3O4. The van der Waals surface area contributed by atoms with Crippen molar-refractivity contribution in [1.82, 2.24) is 15.1 Å². The Hall–Kier alpha value is -3.75. The molecule has 0 saturated heterocycles. The number of nitrogens with zero attached hydrogens (tertiary/aromatic N) is 2. The molecule has 1 unspecified atom stereocenters. The fraction of sp³-hybridized carbons (Fsp3) is 0.292. The summed E-state index contributed by atoms with van der Waals surface area (Å²) < 4.78 is 35.5. The van der Waals surface area contributed by atoms with Gasteiger partial charge in [-0.3, -0.25) is 9.59 Å². The van der Waals surface area contributed by atoms with Crippen LogP contribution < -0.4 is 10.1 Å². The minimum atomic E-state index is -1.16. The Kier molecular flexibility index (Phi) is 6.39. The van der Waals surface area contributed by atoms with Crippen LogP contribution in [0.4, 0.5) is 8.78 Å². The predicted molar refractivity (Wildman–Crippen MR) is 115 cm³/mol. The summed E-state index contributed by atoms with van der Waals surface area (Å²) in [6.45, 7) is 1.94. The number of carbonyl (C=O) groups is 2. The summed E-state index contributed by atoms with van der Waals surface area (Å²) in [5.41, 5.74) is 0.637. The Balaban J connectivity index is 1.64. The minimum absolute atomic E-state index is 0.0755. The lowest BCUT2D eigenvalue weighted by molar-refractivity contribution is -0.137. The second-order valence-electron chi connectivity index (χ2n) is 8.06. The van der Waals surface area contributed by atoms with Gasteiger partial charge in [0.25, 0.3) is 5.91 Å². The number of halogens is 2. The third-order valence-corrected chi connectivity index (χ3v) is 5.52. The summed E-state index contributed by atoms with van der Waals surface area (Å²) in [4.78, 5) is 24.4. The van der Waals surface area contributed by atoms with E-state index in [0.717, 1.165) is 12.8 Å². The Morgan fingerprint density at radius 1 is 1.18 bits per heavy atom. The quantitative estimate of drug-likeness (QED) is 0.505. The van der Waals surface area contributed by atoms with Crippen molar-refractivity contribution in [3.63, 3.8) is 0 Å². The zero-order chi connectivity index (χ0) is 23.5. The van der Waals surface area contributed by atoms with Crippen molar-refractivity contribution in [2.24, 2.45) is 5.92 Å². The molecule has 2 aromatic carbocycles. The summed E-state index contributed by atoms with van der Waals surface area (Å²) in [6.07, 6.45) is 1.64. The first-order valence-corrected chi connectivity index (χ1v) is 10.6. The molecule has 172 valence electrons. The highest BCUT2D eigenvalue weighted by Crippen LogP contribution is 2.31. The van der Waals surface area contributed by atoms with E-state index in [-0.39, 0.29) is 22.8 Å². The zero-order valence-corrected chi connectivity index (χ0v) is 17.9. The van der Waals surface area contributed by atoms with Crippen LogP contribution in [0.5, 0.6) is 5.88 Å². The van der Waals surface area contributed by atoms with Gasteiger partial charge in [-0.1, -0.05) is 24.3 Å². The highest BCUT2D eigenvalue weighted by Gasteiger charge is 2.26. The fourth-order valence-corrected chi connectivity index (χ4v) is 3.51. The highest BCUT2D eigenvalue weighted by molar-refractivity contribution is 5.93. The Morgan fingerprint density at radius 3 is 2.61 bits per heavy atom. The van der Waals surface area contributed by atoms with Crippen LogP contribution in [0.3, 0.4) is 0 Å². The molecule has 9 heteroatoms. The van der Waals surface area contributed by atoms with Crippen LogP contribution >= 0.6 is 0 Å². The van der Waals surface area contributed by atoms with E-state index in [1.165, 1.54) is 41.9 Å². The van der Waals surface area contributed by atoms with E-state index in [2.05, 4.69) is 10.4 Å². The van der Waals surface area contributed by atoms with Crippen molar-refractivity contribution < 1.29 is 28.2 Å². The second kappa shape index (κ2) is 9.40. The number of rotatable bonds is 9. The number of aliphatic carboxylic acids is 1. The molecule has 1 amide bonds. The lowest BCUT2D eigenvalue weighted by Crippen LogP contribution is -2.31. The normalized spacial score (nSPS) is 14.0. The largest absolute Gasteiger partial charge is 0.481 e. The summed E-state index contributed by atoms with van der Waals surface area (Å²) in [5.74, 6) is -2.26. The second-order valence-corrected chi connectivity index (χ2v) is 8.06. The Morgan fingerprint density at radius 2 is 1.91 bits per heavy atom. The van der Waals surface area contributed by atoms with Gasteiger partial charge in [0.05, 0.1) is 19.1 Å². The van der Waals surface area contributed by atoms with Crippen molar-refractivity contribution >= 4 is 11.9 Å². The van der Waals surface area contributed by atoms with Crippen molar-refractivity contribution in [3.05, 3.63) is 77.0 Å². The maximum absolute atomic E-state index is 14.4. The number of hydrogen-bond acceptors (Lipinski definition) is 4. The monoisotopic (exact) mass is 455 g/mol. The molecule has 33 heavy (non-hydrogen) atoms. The number of aromatic nitrogens is 2. The lowest BCUT2D eigenvalue weighted by atomic mass is 9.98. The van der Waals surface area contributed by atoms with Crippen LogP contribution in [0.25, 0.3) is 5.69 Å². The molecule has 1 saturated carbocycles. The van der Waals surface area contributed by atoms with Crippen molar-refractivity contribution in [1.29, 1.82) is 0 Å². The first-order valence-electron chi connectivity index (χ1n) is 10.6. The van der Waals surface area contributed by atoms with E-state index in [1.54, 1.807) is 18.2 Å². The van der Waals surface area contributed by atoms with Gasteiger partial charge in [0.15, 0.2) is 5.69 Å². The number of hydrogen-bond donors (Lipinski definition) is 2. The summed E-state index contributed by atoms with van der Waals surface area (Å²) in [7, 11) is 0. The molecule has 0 bridgehead atoms. The Bertz CT molecular complexity index is 1190. The first-order chi connectivity index (χ1) is 15.8. The standard InChI is InChI=1S/C24H23F2N3O4/c1-14-16(5-4-7-17(14)25)19(12-23(30)31)27-24(32)20-11-22(33-13-15-9-10-15)29(28-20)21-8-3-2-6-18(21)26/h2-8,11,15,19H,9-10,12-13H2,1H3,(H,27,32)(H,30,31). The van der Waals surface area contributed by atoms with Crippen LogP contribution in [0, 0.1) is 24.5 Å². The SMILES string of the molecule is Cc1c(F)cccc1C(CC(=O)O)NC(=O)c1cc(OCC2CC2)n(-c2ccccc2F)n1. The molecular weight excluding hydrogens is 432 g/mol. The van der Waals surface area contributed by atoms with Gasteiger partial charge in [0.2, 0.25) is 5.88 Å². The highest BCUT2D eigenvalue weighted by atomic mass is 19.1. The number of benzene rings is 2. The van der Waals surface area contributed by atoms with Gasteiger partial charge in [-0.25, -0.2) is 8.78 Å². The predicted octanol–water partition coefficient (Wildman–Crippen LogP) is 4.19. The molecule has 0 spiro atoms. The van der Waals surface area contributed by atoms with Crippen molar-refractivity contribution in [2.45, 2.75) is 32.2 Å². The van der Waals surface area contributed by atoms with Gasteiger partial charge in [-0.05, 0) is 55.0 Å². The van der Waals surface area contributed by atoms with Gasteiger partial charge in [0, 0.05) is 6.07 Å². The number of carboxylic acids is 1. The minimum Gasteiger partial charge on any atom is -0.481 e. The average molecular weight is 455 g/mol. The topological polar surface area (TPSA) is 93.5 Å². The number of ether oxygens (including phenoxy) is 1. The molecule has 1 aliphatic rings. The number of para-hydroxylation sites is 1. The molecule has 1 aromatic heterocycles. The molecule has 0 aliphatic heterocycles. The van der Waals surface area contributed by atoms with E-state index < -0.39 is 36.0 Å². The van der Waals surface area contributed by atoms with Gasteiger partial charge >= 0.3 is 5.97 Å². The summed E-state index contributed by atoms with van der Waals surface area (Å²) in [6, 6.07) is 10.6. The number of carbonyl (C=O) groups excluding carboxylic acids is 1. The van der Waals surface area contributed by atoms with Crippen molar-refractivity contribution in [2.75, 3.05) is 6.61 Å². The molecule has 1 atom stereocenters. The van der Waals surface area contributed by atoms with Crippen LogP contribution in [-0.2, 0) is 4.79 Å². The number of nitrogens with one attached hydrogen (secondary N) is 1. The van der Waals surface area contributed by atoms with Crippen molar-refractivity contribution in [3.8, 4) is 11.6 Å². The molecule has 1 heterocycles.